The Kier molecular flexibility index (Phi) is 3.05. The van der Waals surface area contributed by atoms with Crippen LogP contribution in [0, 0.1) is 0 Å². The number of pyridine rings is 1. The molecular formula is C11H14N2O3. The third-order valence-corrected chi connectivity index (χ3v) is 2.87. The van der Waals surface area contributed by atoms with Crippen molar-refractivity contribution in [3.8, 4) is 0 Å². The average Bonchev–Trinajstić information content (AvgIpc) is 2.78. The van der Waals surface area contributed by atoms with E-state index in [1.807, 2.05) is 0 Å². The molecule has 1 amide bonds. The molecule has 5 heteroatoms. The molecule has 0 bridgehead atoms. The van der Waals surface area contributed by atoms with E-state index in [1.54, 1.807) is 18.3 Å². The summed E-state index contributed by atoms with van der Waals surface area (Å²) >= 11 is 0. The standard InChI is InChI=1S/C11H14N2O3/c14-7-8-3-4-9(12-6-8)10-2-1-5-13(10)11(15)16/h3-4,6,10,14H,1-2,5,7H2,(H,15,16). The third-order valence-electron chi connectivity index (χ3n) is 2.87. The maximum atomic E-state index is 11.0. The quantitative estimate of drug-likeness (QED) is 0.793. The number of aliphatic hydroxyl groups excluding tert-OH is 1. The van der Waals surface area contributed by atoms with Gasteiger partial charge in [0, 0.05) is 12.7 Å². The molecule has 5 nitrogen and oxygen atoms in total. The van der Waals surface area contributed by atoms with Gasteiger partial charge < -0.3 is 10.2 Å². The van der Waals surface area contributed by atoms with Crippen molar-refractivity contribution in [2.75, 3.05) is 6.54 Å². The average molecular weight is 222 g/mol. The van der Waals surface area contributed by atoms with Crippen LogP contribution in [-0.2, 0) is 6.61 Å². The Morgan fingerprint density at radius 3 is 2.94 bits per heavy atom. The van der Waals surface area contributed by atoms with E-state index in [4.69, 9.17) is 10.2 Å². The Morgan fingerprint density at radius 1 is 1.56 bits per heavy atom. The molecule has 0 aliphatic carbocycles. The number of likely N-dealkylation sites (tertiary alicyclic amines) is 1. The molecule has 1 unspecified atom stereocenters. The van der Waals surface area contributed by atoms with Gasteiger partial charge in [-0.05, 0) is 24.5 Å². The summed E-state index contributed by atoms with van der Waals surface area (Å²) in [5.74, 6) is 0. The van der Waals surface area contributed by atoms with Gasteiger partial charge in [-0.25, -0.2) is 4.79 Å². The van der Waals surface area contributed by atoms with Crippen molar-refractivity contribution in [2.45, 2.75) is 25.5 Å². The number of hydrogen-bond donors (Lipinski definition) is 2. The smallest absolute Gasteiger partial charge is 0.407 e. The summed E-state index contributed by atoms with van der Waals surface area (Å²) in [5, 5.41) is 17.9. The fourth-order valence-electron chi connectivity index (χ4n) is 2.03. The van der Waals surface area contributed by atoms with Crippen molar-refractivity contribution >= 4 is 6.09 Å². The molecule has 86 valence electrons. The summed E-state index contributed by atoms with van der Waals surface area (Å²) in [6, 6.07) is 3.43. The lowest BCUT2D eigenvalue weighted by Crippen LogP contribution is -2.29. The summed E-state index contributed by atoms with van der Waals surface area (Å²) in [7, 11) is 0. The predicted octanol–water partition coefficient (Wildman–Crippen LogP) is 1.39. The fraction of sp³-hybridized carbons (Fsp3) is 0.455. The zero-order chi connectivity index (χ0) is 11.5. The van der Waals surface area contributed by atoms with Gasteiger partial charge in [0.15, 0.2) is 0 Å². The third kappa shape index (κ3) is 1.99. The predicted molar refractivity (Wildman–Crippen MR) is 56.9 cm³/mol. The number of aromatic nitrogens is 1. The lowest BCUT2D eigenvalue weighted by atomic mass is 10.1. The molecule has 2 rings (SSSR count). The number of hydrogen-bond acceptors (Lipinski definition) is 3. The van der Waals surface area contributed by atoms with Gasteiger partial charge >= 0.3 is 6.09 Å². The van der Waals surface area contributed by atoms with Gasteiger partial charge in [0.2, 0.25) is 0 Å². The van der Waals surface area contributed by atoms with Crippen molar-refractivity contribution in [3.05, 3.63) is 29.6 Å². The zero-order valence-corrected chi connectivity index (χ0v) is 8.83. The first kappa shape index (κ1) is 10.9. The first-order valence-electron chi connectivity index (χ1n) is 5.27. The van der Waals surface area contributed by atoms with Crippen molar-refractivity contribution < 1.29 is 15.0 Å². The molecule has 0 radical (unpaired) electrons. The first-order chi connectivity index (χ1) is 7.72. The largest absolute Gasteiger partial charge is 0.465 e. The highest BCUT2D eigenvalue weighted by Crippen LogP contribution is 2.30. The monoisotopic (exact) mass is 222 g/mol. The Hall–Kier alpha value is -1.62. The van der Waals surface area contributed by atoms with Crippen LogP contribution in [0.4, 0.5) is 4.79 Å². The van der Waals surface area contributed by atoms with E-state index in [-0.39, 0.29) is 12.6 Å². The topological polar surface area (TPSA) is 73.7 Å². The molecule has 1 saturated heterocycles. The highest BCUT2D eigenvalue weighted by atomic mass is 16.4. The van der Waals surface area contributed by atoms with Crippen LogP contribution in [0.15, 0.2) is 18.3 Å². The van der Waals surface area contributed by atoms with Crippen LogP contribution in [0.5, 0.6) is 0 Å². The van der Waals surface area contributed by atoms with Crippen LogP contribution in [0.25, 0.3) is 0 Å². The van der Waals surface area contributed by atoms with E-state index in [9.17, 15) is 4.79 Å². The van der Waals surface area contributed by atoms with E-state index < -0.39 is 6.09 Å². The Labute approximate surface area is 93.3 Å². The van der Waals surface area contributed by atoms with Gasteiger partial charge in [-0.15, -0.1) is 0 Å². The SMILES string of the molecule is O=C(O)N1CCCC1c1ccc(CO)cn1. The number of amides is 1. The number of carboxylic acid groups (broad SMARTS) is 1. The number of carbonyl (C=O) groups is 1. The molecule has 1 aliphatic heterocycles. The van der Waals surface area contributed by atoms with Crippen molar-refractivity contribution in [1.29, 1.82) is 0 Å². The summed E-state index contributed by atoms with van der Waals surface area (Å²) < 4.78 is 0. The second kappa shape index (κ2) is 4.49. The zero-order valence-electron chi connectivity index (χ0n) is 8.83. The van der Waals surface area contributed by atoms with E-state index in [1.165, 1.54) is 4.90 Å². The Balaban J connectivity index is 2.19. The Morgan fingerprint density at radius 2 is 2.38 bits per heavy atom. The number of nitrogens with zero attached hydrogens (tertiary/aromatic N) is 2. The molecule has 2 heterocycles. The molecule has 0 aromatic carbocycles. The summed E-state index contributed by atoms with van der Waals surface area (Å²) in [6.45, 7) is 0.532. The van der Waals surface area contributed by atoms with Crippen molar-refractivity contribution in [1.82, 2.24) is 9.88 Å². The molecule has 1 fully saturated rings. The van der Waals surface area contributed by atoms with Crippen LogP contribution in [-0.4, -0.2) is 32.7 Å². The fourth-order valence-corrected chi connectivity index (χ4v) is 2.03. The molecule has 16 heavy (non-hydrogen) atoms. The van der Waals surface area contributed by atoms with E-state index in [0.29, 0.717) is 6.54 Å². The van der Waals surface area contributed by atoms with E-state index in [2.05, 4.69) is 4.98 Å². The van der Waals surface area contributed by atoms with Gasteiger partial charge in [-0.3, -0.25) is 9.88 Å². The van der Waals surface area contributed by atoms with Crippen LogP contribution >= 0.6 is 0 Å². The van der Waals surface area contributed by atoms with Gasteiger partial charge in [-0.2, -0.15) is 0 Å². The first-order valence-corrected chi connectivity index (χ1v) is 5.27. The normalized spacial score (nSPS) is 20.1. The molecule has 1 aromatic heterocycles. The van der Waals surface area contributed by atoms with Crippen LogP contribution in [0.3, 0.4) is 0 Å². The highest BCUT2D eigenvalue weighted by Gasteiger charge is 2.30. The van der Waals surface area contributed by atoms with Gasteiger partial charge in [0.1, 0.15) is 0 Å². The lowest BCUT2D eigenvalue weighted by molar-refractivity contribution is 0.139. The lowest BCUT2D eigenvalue weighted by Gasteiger charge is -2.20. The van der Waals surface area contributed by atoms with Crippen molar-refractivity contribution in [2.24, 2.45) is 0 Å². The van der Waals surface area contributed by atoms with Crippen LogP contribution in [0.1, 0.15) is 30.1 Å². The molecule has 1 aromatic rings. The molecule has 2 N–H and O–H groups in total. The maximum absolute atomic E-state index is 11.0. The Bertz CT molecular complexity index is 377. The highest BCUT2D eigenvalue weighted by molar-refractivity contribution is 5.66. The van der Waals surface area contributed by atoms with Gasteiger partial charge in [0.25, 0.3) is 0 Å². The maximum Gasteiger partial charge on any atom is 0.407 e. The molecule has 1 atom stereocenters. The van der Waals surface area contributed by atoms with E-state index >= 15 is 0 Å². The van der Waals surface area contributed by atoms with Crippen LogP contribution in [0.2, 0.25) is 0 Å². The second-order valence-corrected chi connectivity index (χ2v) is 3.88. The molecule has 0 saturated carbocycles. The minimum Gasteiger partial charge on any atom is -0.465 e. The van der Waals surface area contributed by atoms with Gasteiger partial charge in [0.05, 0.1) is 18.3 Å². The summed E-state index contributed by atoms with van der Waals surface area (Å²) in [4.78, 5) is 16.6. The minimum atomic E-state index is -0.893. The summed E-state index contributed by atoms with van der Waals surface area (Å²) in [6.07, 6.45) is 2.39. The summed E-state index contributed by atoms with van der Waals surface area (Å²) in [5.41, 5.74) is 1.50. The number of rotatable bonds is 2. The molecule has 0 spiro atoms. The number of aliphatic hydroxyl groups is 1. The molecular weight excluding hydrogens is 208 g/mol. The van der Waals surface area contributed by atoms with Gasteiger partial charge in [-0.1, -0.05) is 6.07 Å². The van der Waals surface area contributed by atoms with Crippen LogP contribution < -0.4 is 0 Å². The molecule has 1 aliphatic rings. The van der Waals surface area contributed by atoms with E-state index in [0.717, 1.165) is 24.1 Å². The minimum absolute atomic E-state index is 0.0411. The van der Waals surface area contributed by atoms with Crippen molar-refractivity contribution in [3.63, 3.8) is 0 Å². The second-order valence-electron chi connectivity index (χ2n) is 3.88.